The van der Waals surface area contributed by atoms with Crippen LogP contribution in [0, 0.1) is 12.8 Å². The summed E-state index contributed by atoms with van der Waals surface area (Å²) in [5.74, 6) is 0.333. The van der Waals surface area contributed by atoms with Crippen LogP contribution >= 0.6 is 11.3 Å². The van der Waals surface area contributed by atoms with Crippen LogP contribution in [0.25, 0.3) is 0 Å². The summed E-state index contributed by atoms with van der Waals surface area (Å²) in [7, 11) is -3.37. The number of nitrogens with one attached hydrogen (secondary N) is 1. The summed E-state index contributed by atoms with van der Waals surface area (Å²) in [6.07, 6.45) is 6.92. The second-order valence-electron chi connectivity index (χ2n) is 6.89. The number of rotatable bonds is 4. The van der Waals surface area contributed by atoms with Crippen molar-refractivity contribution in [1.29, 1.82) is 0 Å². The van der Waals surface area contributed by atoms with Crippen LogP contribution in [-0.2, 0) is 14.8 Å². The topological polar surface area (TPSA) is 66.5 Å². The lowest BCUT2D eigenvalue weighted by Crippen LogP contribution is -2.47. The summed E-state index contributed by atoms with van der Waals surface area (Å²) in [6, 6.07) is 3.64. The van der Waals surface area contributed by atoms with E-state index in [1.54, 1.807) is 10.4 Å². The third-order valence-corrected chi connectivity index (χ3v) is 8.45. The zero-order chi connectivity index (χ0) is 17.2. The minimum absolute atomic E-state index is 0.107. The molecule has 1 aliphatic carbocycles. The van der Waals surface area contributed by atoms with E-state index in [1.807, 2.05) is 13.0 Å². The van der Waals surface area contributed by atoms with Crippen molar-refractivity contribution in [2.75, 3.05) is 13.1 Å². The maximum atomic E-state index is 12.6. The van der Waals surface area contributed by atoms with Crippen molar-refractivity contribution in [3.8, 4) is 0 Å². The van der Waals surface area contributed by atoms with Gasteiger partial charge in [-0.2, -0.15) is 4.31 Å². The molecule has 1 amide bonds. The zero-order valence-corrected chi connectivity index (χ0v) is 15.8. The number of aryl methyl sites for hydroxylation is 1. The normalized spacial score (nSPS) is 21.7. The van der Waals surface area contributed by atoms with Crippen molar-refractivity contribution in [1.82, 2.24) is 9.62 Å². The van der Waals surface area contributed by atoms with Crippen molar-refractivity contribution >= 4 is 27.3 Å². The van der Waals surface area contributed by atoms with Crippen molar-refractivity contribution < 1.29 is 13.2 Å². The SMILES string of the molecule is Cc1ccc(S(=O)(=O)N2CCC(NC(=O)C3CCCCC3)CC2)s1. The maximum absolute atomic E-state index is 12.6. The Kier molecular flexibility index (Phi) is 5.62. The smallest absolute Gasteiger partial charge is 0.252 e. The number of hydrogen-bond acceptors (Lipinski definition) is 4. The van der Waals surface area contributed by atoms with E-state index in [9.17, 15) is 13.2 Å². The van der Waals surface area contributed by atoms with Gasteiger partial charge in [-0.1, -0.05) is 19.3 Å². The molecular formula is C17H26N2O3S2. The van der Waals surface area contributed by atoms with Gasteiger partial charge in [-0.15, -0.1) is 11.3 Å². The van der Waals surface area contributed by atoms with Gasteiger partial charge in [0, 0.05) is 29.9 Å². The van der Waals surface area contributed by atoms with Crippen LogP contribution in [0.15, 0.2) is 16.3 Å². The summed E-state index contributed by atoms with van der Waals surface area (Å²) in [6.45, 7) is 2.88. The number of nitrogens with zero attached hydrogens (tertiary/aromatic N) is 1. The summed E-state index contributed by atoms with van der Waals surface area (Å²) in [4.78, 5) is 13.3. The summed E-state index contributed by atoms with van der Waals surface area (Å²) < 4.78 is 27.2. The summed E-state index contributed by atoms with van der Waals surface area (Å²) >= 11 is 1.32. The quantitative estimate of drug-likeness (QED) is 0.886. The summed E-state index contributed by atoms with van der Waals surface area (Å²) in [5, 5.41) is 3.15. The van der Waals surface area contributed by atoms with Crippen LogP contribution < -0.4 is 5.32 Å². The van der Waals surface area contributed by atoms with Crippen molar-refractivity contribution in [3.63, 3.8) is 0 Å². The number of piperidine rings is 1. The lowest BCUT2D eigenvalue weighted by Gasteiger charge is -2.32. The van der Waals surface area contributed by atoms with E-state index in [2.05, 4.69) is 5.32 Å². The van der Waals surface area contributed by atoms with Crippen molar-refractivity contribution in [2.45, 2.75) is 62.1 Å². The molecule has 2 fully saturated rings. The van der Waals surface area contributed by atoms with Crippen LogP contribution in [-0.4, -0.2) is 37.8 Å². The molecule has 5 nitrogen and oxygen atoms in total. The molecule has 0 radical (unpaired) electrons. The lowest BCUT2D eigenvalue weighted by molar-refractivity contribution is -0.126. The first-order valence-electron chi connectivity index (χ1n) is 8.84. The third kappa shape index (κ3) is 4.00. The Balaban J connectivity index is 1.53. The fraction of sp³-hybridized carbons (Fsp3) is 0.706. The van der Waals surface area contributed by atoms with Gasteiger partial charge in [-0.05, 0) is 44.7 Å². The van der Waals surface area contributed by atoms with E-state index in [-0.39, 0.29) is 17.9 Å². The van der Waals surface area contributed by atoms with Gasteiger partial charge in [0.2, 0.25) is 5.91 Å². The Morgan fingerprint density at radius 3 is 2.38 bits per heavy atom. The van der Waals surface area contributed by atoms with E-state index >= 15 is 0 Å². The fourth-order valence-corrected chi connectivity index (χ4v) is 6.51. The average molecular weight is 371 g/mol. The second kappa shape index (κ2) is 7.54. The molecule has 1 aliphatic heterocycles. The molecule has 1 aromatic heterocycles. The van der Waals surface area contributed by atoms with Gasteiger partial charge in [0.15, 0.2) is 0 Å². The standard InChI is InChI=1S/C17H26N2O3S2/c1-13-7-8-16(23-13)24(21,22)19-11-9-15(10-12-19)18-17(20)14-5-3-2-4-6-14/h7-8,14-15H,2-6,9-12H2,1H3,(H,18,20). The molecule has 0 unspecified atom stereocenters. The van der Waals surface area contributed by atoms with E-state index in [1.165, 1.54) is 17.8 Å². The number of carbonyl (C=O) groups is 1. The predicted molar refractivity (Wildman–Crippen MR) is 95.6 cm³/mol. The van der Waals surface area contributed by atoms with Crippen LogP contribution in [0.4, 0.5) is 0 Å². The Morgan fingerprint density at radius 1 is 1.12 bits per heavy atom. The van der Waals surface area contributed by atoms with Crippen LogP contribution in [0.2, 0.25) is 0 Å². The number of sulfonamides is 1. The minimum atomic E-state index is -3.37. The Bertz CT molecular complexity index is 670. The average Bonchev–Trinajstić information content (AvgIpc) is 3.03. The Morgan fingerprint density at radius 2 is 1.79 bits per heavy atom. The molecular weight excluding hydrogens is 344 g/mol. The number of carbonyl (C=O) groups excluding carboxylic acids is 1. The predicted octanol–water partition coefficient (Wildman–Crippen LogP) is 2.91. The first-order valence-corrected chi connectivity index (χ1v) is 11.1. The van der Waals surface area contributed by atoms with Gasteiger partial charge in [0.05, 0.1) is 0 Å². The molecule has 2 heterocycles. The maximum Gasteiger partial charge on any atom is 0.252 e. The van der Waals surface area contributed by atoms with E-state index in [0.29, 0.717) is 30.1 Å². The van der Waals surface area contributed by atoms with E-state index < -0.39 is 10.0 Å². The minimum Gasteiger partial charge on any atom is -0.353 e. The van der Waals surface area contributed by atoms with Crippen molar-refractivity contribution in [3.05, 3.63) is 17.0 Å². The molecule has 0 bridgehead atoms. The highest BCUT2D eigenvalue weighted by atomic mass is 32.2. The van der Waals surface area contributed by atoms with Gasteiger partial charge in [0.25, 0.3) is 10.0 Å². The number of hydrogen-bond donors (Lipinski definition) is 1. The highest BCUT2D eigenvalue weighted by Crippen LogP contribution is 2.27. The van der Waals surface area contributed by atoms with Gasteiger partial charge >= 0.3 is 0 Å². The fourth-order valence-electron chi connectivity index (χ4n) is 3.60. The Hall–Kier alpha value is -0.920. The monoisotopic (exact) mass is 370 g/mol. The van der Waals surface area contributed by atoms with Gasteiger partial charge in [0.1, 0.15) is 4.21 Å². The molecule has 1 saturated carbocycles. The molecule has 0 aromatic carbocycles. The van der Waals surface area contributed by atoms with Gasteiger partial charge in [-0.25, -0.2) is 8.42 Å². The van der Waals surface area contributed by atoms with Crippen LogP contribution in [0.1, 0.15) is 49.8 Å². The molecule has 1 aromatic rings. The van der Waals surface area contributed by atoms with E-state index in [4.69, 9.17) is 0 Å². The molecule has 1 saturated heterocycles. The zero-order valence-electron chi connectivity index (χ0n) is 14.2. The van der Waals surface area contributed by atoms with Crippen LogP contribution in [0.3, 0.4) is 0 Å². The van der Waals surface area contributed by atoms with Gasteiger partial charge in [-0.3, -0.25) is 4.79 Å². The molecule has 2 aliphatic rings. The highest BCUT2D eigenvalue weighted by molar-refractivity contribution is 7.91. The van der Waals surface area contributed by atoms with Gasteiger partial charge < -0.3 is 5.32 Å². The first-order chi connectivity index (χ1) is 11.5. The first kappa shape index (κ1) is 17.9. The number of thiophene rings is 1. The molecule has 7 heteroatoms. The molecule has 3 rings (SSSR count). The third-order valence-electron chi connectivity index (χ3n) is 5.09. The molecule has 24 heavy (non-hydrogen) atoms. The number of amides is 1. The molecule has 1 N–H and O–H groups in total. The second-order valence-corrected chi connectivity index (χ2v) is 10.3. The lowest BCUT2D eigenvalue weighted by atomic mass is 9.88. The highest BCUT2D eigenvalue weighted by Gasteiger charge is 2.31. The van der Waals surface area contributed by atoms with E-state index in [0.717, 1.165) is 30.6 Å². The Labute approximate surface area is 148 Å². The van der Waals surface area contributed by atoms with Crippen LogP contribution in [0.5, 0.6) is 0 Å². The summed E-state index contributed by atoms with van der Waals surface area (Å²) in [5.41, 5.74) is 0. The van der Waals surface area contributed by atoms with Crippen molar-refractivity contribution in [2.24, 2.45) is 5.92 Å². The molecule has 0 atom stereocenters. The molecule has 0 spiro atoms. The largest absolute Gasteiger partial charge is 0.353 e. The molecule has 134 valence electrons.